The van der Waals surface area contributed by atoms with Gasteiger partial charge in [-0.15, -0.1) is 0 Å². The monoisotopic (exact) mass is 152 g/mol. The van der Waals surface area contributed by atoms with E-state index in [2.05, 4.69) is 52.0 Å². The molecule has 0 aliphatic rings. The van der Waals surface area contributed by atoms with E-state index >= 15 is 0 Å². The molecule has 0 atom stereocenters. The molecule has 0 aliphatic heterocycles. The van der Waals surface area contributed by atoms with Crippen molar-refractivity contribution in [2.24, 2.45) is 0 Å². The number of hydrogen-bond acceptors (Lipinski definition) is 0. The van der Waals surface area contributed by atoms with E-state index in [-0.39, 0.29) is 8.27 Å². The van der Waals surface area contributed by atoms with Crippen molar-refractivity contribution in [2.45, 2.75) is 33.1 Å². The predicted molar refractivity (Wildman–Crippen MR) is 54.1 cm³/mol. The predicted octanol–water partition coefficient (Wildman–Crippen LogP) is 3.78. The van der Waals surface area contributed by atoms with Crippen LogP contribution in [0, 0.1) is 6.92 Å². The lowest BCUT2D eigenvalue weighted by Gasteiger charge is -2.18. The molecule has 0 aliphatic carbocycles. The van der Waals surface area contributed by atoms with Gasteiger partial charge < -0.3 is 0 Å². The Kier molecular flexibility index (Phi) is 2.03. The van der Waals surface area contributed by atoms with Gasteiger partial charge in [-0.1, -0.05) is 50.6 Å². The smallest absolute Gasteiger partial charge is 0 e. The Morgan fingerprint density at radius 3 is 1.82 bits per heavy atom. The van der Waals surface area contributed by atoms with E-state index in [4.69, 9.17) is 0 Å². The van der Waals surface area contributed by atoms with Crippen molar-refractivity contribution in [1.29, 1.82) is 0 Å². The molecular formula is C11H20. The van der Waals surface area contributed by atoms with Gasteiger partial charge in [-0.2, -0.15) is 0 Å². The Morgan fingerprint density at radius 2 is 1.45 bits per heavy atom. The van der Waals surface area contributed by atoms with E-state index in [1.165, 1.54) is 11.1 Å². The second-order valence-corrected chi connectivity index (χ2v) is 4.12. The number of rotatable bonds is 0. The first kappa shape index (κ1) is 8.32. The summed E-state index contributed by atoms with van der Waals surface area (Å²) in [6, 6.07) is 8.74. The molecule has 1 aromatic rings. The SMILES string of the molecule is Cc1ccc(C(C)(C)C)cc1.[HH].[HH]. The normalized spacial score (nSPS) is 11.6. The number of aryl methyl sites for hydroxylation is 1. The summed E-state index contributed by atoms with van der Waals surface area (Å²) in [6.45, 7) is 8.82. The van der Waals surface area contributed by atoms with Gasteiger partial charge in [0.05, 0.1) is 0 Å². The number of hydrogen-bond donors (Lipinski definition) is 0. The third-order valence-corrected chi connectivity index (χ3v) is 1.92. The second-order valence-electron chi connectivity index (χ2n) is 4.12. The summed E-state index contributed by atoms with van der Waals surface area (Å²) < 4.78 is 0. The fourth-order valence-electron chi connectivity index (χ4n) is 1.05. The van der Waals surface area contributed by atoms with Crippen LogP contribution < -0.4 is 0 Å². The van der Waals surface area contributed by atoms with E-state index < -0.39 is 0 Å². The van der Waals surface area contributed by atoms with Gasteiger partial charge in [-0.05, 0) is 17.9 Å². The van der Waals surface area contributed by atoms with Crippen LogP contribution in [0.1, 0.15) is 34.8 Å². The van der Waals surface area contributed by atoms with Crippen molar-refractivity contribution in [3.8, 4) is 0 Å². The lowest BCUT2D eigenvalue weighted by molar-refractivity contribution is 0.590. The first-order valence-electron chi connectivity index (χ1n) is 4.07. The van der Waals surface area contributed by atoms with Crippen molar-refractivity contribution >= 4 is 0 Å². The van der Waals surface area contributed by atoms with Crippen LogP contribution in [-0.4, -0.2) is 0 Å². The van der Waals surface area contributed by atoms with Gasteiger partial charge in [0, 0.05) is 2.85 Å². The Bertz CT molecular complexity index is 231. The summed E-state index contributed by atoms with van der Waals surface area (Å²) in [4.78, 5) is 0. The molecule has 1 aromatic carbocycles. The lowest BCUT2D eigenvalue weighted by atomic mass is 9.87. The van der Waals surface area contributed by atoms with Gasteiger partial charge in [0.15, 0.2) is 0 Å². The Hall–Kier alpha value is -0.780. The van der Waals surface area contributed by atoms with E-state index in [9.17, 15) is 0 Å². The maximum absolute atomic E-state index is 2.23. The third kappa shape index (κ3) is 2.07. The molecule has 0 saturated carbocycles. The van der Waals surface area contributed by atoms with Crippen LogP contribution in [0.3, 0.4) is 0 Å². The molecule has 1 rings (SSSR count). The molecule has 0 amide bonds. The number of benzene rings is 1. The largest absolute Gasteiger partial charge is 0.0590 e. The minimum Gasteiger partial charge on any atom is -0.0590 e. The van der Waals surface area contributed by atoms with E-state index in [1.807, 2.05) is 0 Å². The molecular weight excluding hydrogens is 132 g/mol. The molecule has 0 heteroatoms. The van der Waals surface area contributed by atoms with Crippen LogP contribution in [0.25, 0.3) is 0 Å². The summed E-state index contributed by atoms with van der Waals surface area (Å²) in [5.74, 6) is 0. The van der Waals surface area contributed by atoms with Crippen LogP contribution in [0.2, 0.25) is 0 Å². The quantitative estimate of drug-likeness (QED) is 0.530. The van der Waals surface area contributed by atoms with Crippen molar-refractivity contribution in [1.82, 2.24) is 0 Å². The molecule has 0 fully saturated rings. The maximum atomic E-state index is 2.23. The Balaban J connectivity index is 0. The molecule has 0 aromatic heterocycles. The molecule has 0 nitrogen and oxygen atoms in total. The summed E-state index contributed by atoms with van der Waals surface area (Å²) in [5.41, 5.74) is 3.02. The fourth-order valence-corrected chi connectivity index (χ4v) is 1.05. The maximum Gasteiger partial charge on any atom is 0 e. The second kappa shape index (κ2) is 2.69. The first-order valence-corrected chi connectivity index (χ1v) is 4.07. The van der Waals surface area contributed by atoms with Gasteiger partial charge in [0.2, 0.25) is 0 Å². The highest BCUT2D eigenvalue weighted by molar-refractivity contribution is 5.26. The van der Waals surface area contributed by atoms with Crippen LogP contribution in [-0.2, 0) is 5.41 Å². The molecule has 0 spiro atoms. The van der Waals surface area contributed by atoms with E-state index in [0.29, 0.717) is 0 Å². The highest BCUT2D eigenvalue weighted by atomic mass is 14.2. The average molecular weight is 152 g/mol. The highest BCUT2D eigenvalue weighted by Crippen LogP contribution is 2.21. The average Bonchev–Trinajstić information content (AvgIpc) is 1.86. The fraction of sp³-hybridized carbons (Fsp3) is 0.455. The molecule has 0 N–H and O–H groups in total. The molecule has 0 bridgehead atoms. The minimum atomic E-state index is 0. The van der Waals surface area contributed by atoms with Crippen LogP contribution in [0.4, 0.5) is 0 Å². The van der Waals surface area contributed by atoms with Gasteiger partial charge in [-0.25, -0.2) is 0 Å². The summed E-state index contributed by atoms with van der Waals surface area (Å²) in [6.07, 6.45) is 0. The standard InChI is InChI=1S/C11H16.2H2/c1-9-5-7-10(8-6-9)11(2,3)4;;/h5-8H,1-4H3;2*1H. The lowest BCUT2D eigenvalue weighted by Crippen LogP contribution is -2.10. The van der Waals surface area contributed by atoms with Crippen molar-refractivity contribution in [3.05, 3.63) is 35.4 Å². The van der Waals surface area contributed by atoms with Crippen molar-refractivity contribution in [2.75, 3.05) is 0 Å². The van der Waals surface area contributed by atoms with Gasteiger partial charge in [0.25, 0.3) is 0 Å². The summed E-state index contributed by atoms with van der Waals surface area (Å²) in [7, 11) is 0. The van der Waals surface area contributed by atoms with Crippen LogP contribution >= 0.6 is 0 Å². The first-order chi connectivity index (χ1) is 5.00. The molecule has 0 heterocycles. The molecule has 0 saturated heterocycles. The zero-order chi connectivity index (χ0) is 8.48. The Morgan fingerprint density at radius 1 is 1.00 bits per heavy atom. The van der Waals surface area contributed by atoms with Crippen molar-refractivity contribution in [3.63, 3.8) is 0 Å². The third-order valence-electron chi connectivity index (χ3n) is 1.92. The van der Waals surface area contributed by atoms with Crippen LogP contribution in [0.15, 0.2) is 24.3 Å². The Labute approximate surface area is 72.2 Å². The minimum absolute atomic E-state index is 0. The highest BCUT2D eigenvalue weighted by Gasteiger charge is 2.11. The molecule has 11 heavy (non-hydrogen) atoms. The van der Waals surface area contributed by atoms with Crippen molar-refractivity contribution < 1.29 is 2.85 Å². The molecule has 64 valence electrons. The van der Waals surface area contributed by atoms with Gasteiger partial charge >= 0.3 is 0 Å². The van der Waals surface area contributed by atoms with Crippen LogP contribution in [0.5, 0.6) is 0 Å². The zero-order valence-electron chi connectivity index (χ0n) is 7.81. The molecule has 0 radical (unpaired) electrons. The summed E-state index contributed by atoms with van der Waals surface area (Å²) >= 11 is 0. The summed E-state index contributed by atoms with van der Waals surface area (Å²) in [5, 5.41) is 0. The van der Waals surface area contributed by atoms with E-state index in [0.717, 1.165) is 0 Å². The molecule has 0 unspecified atom stereocenters. The van der Waals surface area contributed by atoms with Gasteiger partial charge in [0.1, 0.15) is 0 Å². The topological polar surface area (TPSA) is 0 Å². The van der Waals surface area contributed by atoms with Gasteiger partial charge in [-0.3, -0.25) is 0 Å². The van der Waals surface area contributed by atoms with E-state index in [1.54, 1.807) is 0 Å². The zero-order valence-corrected chi connectivity index (χ0v) is 7.81.